The number of aliphatic hydroxyl groups excluding tert-OH is 1. The fourth-order valence-electron chi connectivity index (χ4n) is 2.21. The van der Waals surface area contributed by atoms with Crippen LogP contribution in [0.1, 0.15) is 41.3 Å². The Kier molecular flexibility index (Phi) is 5.31. The Bertz CT molecular complexity index is 680. The third-order valence-corrected chi connectivity index (χ3v) is 4.58. The van der Waals surface area contributed by atoms with Gasteiger partial charge in [-0.3, -0.25) is 0 Å². The molecule has 0 aliphatic carbocycles. The summed E-state index contributed by atoms with van der Waals surface area (Å²) in [5, 5.41) is 13.4. The first-order chi connectivity index (χ1) is 10.5. The quantitative estimate of drug-likeness (QED) is 0.795. The SMILES string of the molecule is CCOC(=O)c1sc2nc(C)nc(N[C@H](CC)CO)c2c1C. The zero-order chi connectivity index (χ0) is 16.3. The molecule has 1 atom stereocenters. The maximum Gasteiger partial charge on any atom is 0.348 e. The minimum atomic E-state index is -0.333. The van der Waals surface area contributed by atoms with Crippen LogP contribution < -0.4 is 5.32 Å². The van der Waals surface area contributed by atoms with E-state index in [1.165, 1.54) is 11.3 Å². The molecule has 0 unspecified atom stereocenters. The number of aliphatic hydroxyl groups is 1. The van der Waals surface area contributed by atoms with E-state index in [4.69, 9.17) is 4.74 Å². The summed E-state index contributed by atoms with van der Waals surface area (Å²) in [5.41, 5.74) is 0.814. The molecule has 0 aliphatic rings. The number of esters is 1. The molecule has 0 radical (unpaired) electrons. The lowest BCUT2D eigenvalue weighted by molar-refractivity contribution is 0.0531. The summed E-state index contributed by atoms with van der Waals surface area (Å²) in [6.45, 7) is 7.81. The Morgan fingerprint density at radius 1 is 1.36 bits per heavy atom. The molecule has 0 saturated carbocycles. The molecule has 0 aliphatic heterocycles. The van der Waals surface area contributed by atoms with Gasteiger partial charge in [-0.2, -0.15) is 0 Å². The van der Waals surface area contributed by atoms with E-state index in [0.29, 0.717) is 23.1 Å². The molecule has 0 saturated heterocycles. The van der Waals surface area contributed by atoms with E-state index in [1.807, 2.05) is 20.8 Å². The van der Waals surface area contributed by atoms with Crippen LogP contribution in [0.25, 0.3) is 10.2 Å². The van der Waals surface area contributed by atoms with E-state index in [2.05, 4.69) is 15.3 Å². The lowest BCUT2D eigenvalue weighted by atomic mass is 10.2. The van der Waals surface area contributed by atoms with Gasteiger partial charge in [0, 0.05) is 0 Å². The molecule has 22 heavy (non-hydrogen) atoms. The van der Waals surface area contributed by atoms with Crippen LogP contribution in [0, 0.1) is 13.8 Å². The molecule has 2 heterocycles. The van der Waals surface area contributed by atoms with Crippen molar-refractivity contribution in [1.82, 2.24) is 9.97 Å². The van der Waals surface area contributed by atoms with Crippen LogP contribution in [-0.2, 0) is 4.74 Å². The summed E-state index contributed by atoms with van der Waals surface area (Å²) in [6, 6.07) is -0.0807. The highest BCUT2D eigenvalue weighted by molar-refractivity contribution is 7.20. The second-order valence-electron chi connectivity index (χ2n) is 5.01. The number of thiophene rings is 1. The standard InChI is InChI=1S/C15H21N3O3S/c1-5-10(7-19)18-13-11-8(3)12(15(20)21-6-2)22-14(11)17-9(4)16-13/h10,19H,5-7H2,1-4H3,(H,16,17,18)/t10-/m1/s1. The molecule has 2 aromatic rings. The molecule has 7 heteroatoms. The van der Waals surface area contributed by atoms with E-state index >= 15 is 0 Å². The highest BCUT2D eigenvalue weighted by atomic mass is 32.1. The minimum absolute atomic E-state index is 0.0228. The molecule has 0 spiro atoms. The second-order valence-corrected chi connectivity index (χ2v) is 6.01. The van der Waals surface area contributed by atoms with Crippen molar-refractivity contribution in [2.75, 3.05) is 18.5 Å². The summed E-state index contributed by atoms with van der Waals surface area (Å²) in [5.74, 6) is 0.952. The number of fused-ring (bicyclic) bond motifs is 1. The van der Waals surface area contributed by atoms with Crippen molar-refractivity contribution >= 4 is 33.3 Å². The molecular weight excluding hydrogens is 302 g/mol. The number of nitrogens with zero attached hydrogens (tertiary/aromatic N) is 2. The topological polar surface area (TPSA) is 84.3 Å². The van der Waals surface area contributed by atoms with E-state index in [0.717, 1.165) is 22.2 Å². The van der Waals surface area contributed by atoms with Gasteiger partial charge in [0.15, 0.2) is 0 Å². The first kappa shape index (κ1) is 16.6. The van der Waals surface area contributed by atoms with Gasteiger partial charge in [0.25, 0.3) is 0 Å². The molecule has 6 nitrogen and oxygen atoms in total. The zero-order valence-corrected chi connectivity index (χ0v) is 14.1. The van der Waals surface area contributed by atoms with Crippen molar-refractivity contribution in [3.05, 3.63) is 16.3 Å². The Labute approximate surface area is 133 Å². The van der Waals surface area contributed by atoms with Crippen molar-refractivity contribution in [2.24, 2.45) is 0 Å². The monoisotopic (exact) mass is 323 g/mol. The maximum atomic E-state index is 12.0. The number of hydrogen-bond acceptors (Lipinski definition) is 7. The van der Waals surface area contributed by atoms with Crippen LogP contribution in [0.3, 0.4) is 0 Å². The number of hydrogen-bond donors (Lipinski definition) is 2. The average Bonchev–Trinajstić information content (AvgIpc) is 2.81. The van der Waals surface area contributed by atoms with Gasteiger partial charge >= 0.3 is 5.97 Å². The second kappa shape index (κ2) is 7.02. The first-order valence-electron chi connectivity index (χ1n) is 7.34. The first-order valence-corrected chi connectivity index (χ1v) is 8.15. The van der Waals surface area contributed by atoms with E-state index in [9.17, 15) is 9.90 Å². The van der Waals surface area contributed by atoms with Crippen LogP contribution in [0.2, 0.25) is 0 Å². The normalized spacial score (nSPS) is 12.4. The van der Waals surface area contributed by atoms with Crippen LogP contribution in [0.15, 0.2) is 0 Å². The smallest absolute Gasteiger partial charge is 0.348 e. The lowest BCUT2D eigenvalue weighted by Gasteiger charge is -2.16. The van der Waals surface area contributed by atoms with E-state index in [1.54, 1.807) is 6.92 Å². The highest BCUT2D eigenvalue weighted by Crippen LogP contribution is 2.34. The Balaban J connectivity index is 2.54. The molecule has 0 fully saturated rings. The summed E-state index contributed by atoms with van der Waals surface area (Å²) in [4.78, 5) is 22.2. The Hall–Kier alpha value is -1.73. The van der Waals surface area contributed by atoms with Crippen LogP contribution >= 0.6 is 11.3 Å². The van der Waals surface area contributed by atoms with Gasteiger partial charge in [0.1, 0.15) is 21.3 Å². The molecule has 0 aromatic carbocycles. The summed E-state index contributed by atoms with van der Waals surface area (Å²) in [6.07, 6.45) is 0.773. The number of ether oxygens (including phenoxy) is 1. The summed E-state index contributed by atoms with van der Waals surface area (Å²) < 4.78 is 5.09. The molecule has 2 rings (SSSR count). The van der Waals surface area contributed by atoms with Crippen LogP contribution in [-0.4, -0.2) is 40.3 Å². The van der Waals surface area contributed by atoms with Crippen molar-refractivity contribution in [2.45, 2.75) is 40.2 Å². The van der Waals surface area contributed by atoms with Crippen molar-refractivity contribution in [3.8, 4) is 0 Å². The maximum absolute atomic E-state index is 12.0. The third kappa shape index (κ3) is 3.20. The van der Waals surface area contributed by atoms with E-state index < -0.39 is 0 Å². The molecule has 120 valence electrons. The van der Waals surface area contributed by atoms with Gasteiger partial charge in [-0.05, 0) is 32.8 Å². The summed E-state index contributed by atoms with van der Waals surface area (Å²) in [7, 11) is 0. The summed E-state index contributed by atoms with van der Waals surface area (Å²) >= 11 is 1.31. The predicted molar refractivity (Wildman–Crippen MR) is 87.6 cm³/mol. The Morgan fingerprint density at radius 2 is 2.09 bits per heavy atom. The zero-order valence-electron chi connectivity index (χ0n) is 13.3. The van der Waals surface area contributed by atoms with Crippen molar-refractivity contribution in [1.29, 1.82) is 0 Å². The molecule has 0 bridgehead atoms. The van der Waals surface area contributed by atoms with Gasteiger partial charge < -0.3 is 15.2 Å². The van der Waals surface area contributed by atoms with Gasteiger partial charge in [-0.25, -0.2) is 14.8 Å². The average molecular weight is 323 g/mol. The molecule has 0 amide bonds. The van der Waals surface area contributed by atoms with Gasteiger partial charge in [-0.1, -0.05) is 6.92 Å². The fourth-order valence-corrected chi connectivity index (χ4v) is 3.33. The number of carbonyl (C=O) groups excluding carboxylic acids is 1. The number of nitrogens with one attached hydrogen (secondary N) is 1. The fraction of sp³-hybridized carbons (Fsp3) is 0.533. The number of rotatable bonds is 6. The third-order valence-electron chi connectivity index (χ3n) is 3.42. The molecular formula is C15H21N3O3S. The van der Waals surface area contributed by atoms with Crippen LogP contribution in [0.4, 0.5) is 5.82 Å². The van der Waals surface area contributed by atoms with Crippen molar-refractivity contribution < 1.29 is 14.6 Å². The van der Waals surface area contributed by atoms with Crippen molar-refractivity contribution in [3.63, 3.8) is 0 Å². The Morgan fingerprint density at radius 3 is 2.68 bits per heavy atom. The molecule has 2 aromatic heterocycles. The van der Waals surface area contributed by atoms with Gasteiger partial charge in [0.2, 0.25) is 0 Å². The van der Waals surface area contributed by atoms with Gasteiger partial charge in [-0.15, -0.1) is 11.3 Å². The lowest BCUT2D eigenvalue weighted by Crippen LogP contribution is -2.23. The largest absolute Gasteiger partial charge is 0.462 e. The number of aryl methyl sites for hydroxylation is 2. The predicted octanol–water partition coefficient (Wildman–Crippen LogP) is 2.67. The van der Waals surface area contributed by atoms with Crippen LogP contribution in [0.5, 0.6) is 0 Å². The number of carbonyl (C=O) groups is 1. The van der Waals surface area contributed by atoms with E-state index in [-0.39, 0.29) is 18.6 Å². The highest BCUT2D eigenvalue weighted by Gasteiger charge is 2.21. The van der Waals surface area contributed by atoms with Gasteiger partial charge in [0.05, 0.1) is 24.6 Å². The molecule has 2 N–H and O–H groups in total. The number of anilines is 1. The number of aromatic nitrogens is 2. The minimum Gasteiger partial charge on any atom is -0.462 e.